The van der Waals surface area contributed by atoms with Crippen LogP contribution in [0.25, 0.3) is 0 Å². The van der Waals surface area contributed by atoms with Crippen LogP contribution in [0, 0.1) is 5.41 Å². The first-order valence-corrected chi connectivity index (χ1v) is 8.75. The maximum absolute atomic E-state index is 12.0. The molecule has 1 aliphatic rings. The first kappa shape index (κ1) is 17.9. The fourth-order valence-corrected chi connectivity index (χ4v) is 3.87. The number of rotatable bonds is 7. The molecule has 1 rings (SSSR count). The van der Waals surface area contributed by atoms with Crippen LogP contribution in [0.15, 0.2) is 0 Å². The lowest BCUT2D eigenvalue weighted by molar-refractivity contribution is -0.151. The van der Waals surface area contributed by atoms with Gasteiger partial charge in [0.2, 0.25) is 10.0 Å². The van der Waals surface area contributed by atoms with Crippen molar-refractivity contribution in [3.8, 4) is 0 Å². The number of aliphatic carboxylic acids is 1. The Morgan fingerprint density at radius 3 is 2.62 bits per heavy atom. The van der Waals surface area contributed by atoms with Gasteiger partial charge in [0.15, 0.2) is 0 Å². The smallest absolute Gasteiger partial charge is 0.310 e. The Morgan fingerprint density at radius 2 is 2.05 bits per heavy atom. The maximum atomic E-state index is 12.0. The first-order valence-electron chi connectivity index (χ1n) is 7.10. The van der Waals surface area contributed by atoms with Crippen molar-refractivity contribution < 1.29 is 27.9 Å². The van der Waals surface area contributed by atoms with Gasteiger partial charge in [0.25, 0.3) is 0 Å². The first-order chi connectivity index (χ1) is 9.71. The summed E-state index contributed by atoms with van der Waals surface area (Å²) in [5.41, 5.74) is -1.10. The van der Waals surface area contributed by atoms with Crippen LogP contribution in [0.1, 0.15) is 46.0 Å². The van der Waals surface area contributed by atoms with Crippen molar-refractivity contribution in [1.82, 2.24) is 4.72 Å². The summed E-state index contributed by atoms with van der Waals surface area (Å²) in [5.74, 6) is -1.97. The molecule has 1 fully saturated rings. The molecule has 1 aliphatic carbocycles. The van der Waals surface area contributed by atoms with E-state index in [0.717, 1.165) is 12.8 Å². The molecule has 8 heteroatoms. The minimum absolute atomic E-state index is 0.200. The molecule has 0 aromatic carbocycles. The Labute approximate surface area is 125 Å². The molecular formula is C13H23NO6S. The third-order valence-electron chi connectivity index (χ3n) is 3.90. The molecule has 0 aliphatic heterocycles. The number of hydrogen-bond donors (Lipinski definition) is 2. The Balaban J connectivity index is 2.68. The predicted molar refractivity (Wildman–Crippen MR) is 76.2 cm³/mol. The third-order valence-corrected chi connectivity index (χ3v) is 5.28. The van der Waals surface area contributed by atoms with E-state index in [1.165, 1.54) is 0 Å². The molecule has 122 valence electrons. The Morgan fingerprint density at radius 1 is 1.38 bits per heavy atom. The number of ether oxygens (including phenoxy) is 1. The van der Waals surface area contributed by atoms with Crippen molar-refractivity contribution in [2.24, 2.45) is 5.41 Å². The summed E-state index contributed by atoms with van der Waals surface area (Å²) in [5, 5.41) is 9.34. The number of carboxylic acids is 1. The fourth-order valence-electron chi connectivity index (χ4n) is 2.50. The molecule has 0 spiro atoms. The summed E-state index contributed by atoms with van der Waals surface area (Å²) in [7, 11) is -3.71. The molecule has 0 bridgehead atoms. The Kier molecular flexibility index (Phi) is 6.15. The second kappa shape index (κ2) is 7.22. The molecule has 0 aromatic heterocycles. The summed E-state index contributed by atoms with van der Waals surface area (Å²) in [4.78, 5) is 22.6. The van der Waals surface area contributed by atoms with Gasteiger partial charge in [0.05, 0.1) is 24.2 Å². The summed E-state index contributed by atoms with van der Waals surface area (Å²) in [6, 6.07) is -0.643. The van der Waals surface area contributed by atoms with Gasteiger partial charge in [0, 0.05) is 6.04 Å². The average Bonchev–Trinajstić information content (AvgIpc) is 2.39. The number of sulfonamides is 1. The number of esters is 1. The van der Waals surface area contributed by atoms with Gasteiger partial charge < -0.3 is 9.84 Å². The summed E-state index contributed by atoms with van der Waals surface area (Å²) < 4.78 is 31.1. The van der Waals surface area contributed by atoms with E-state index in [-0.39, 0.29) is 13.0 Å². The molecule has 0 radical (unpaired) electrons. The Hall–Kier alpha value is -1.15. The van der Waals surface area contributed by atoms with Gasteiger partial charge in [-0.3, -0.25) is 9.59 Å². The average molecular weight is 321 g/mol. The molecule has 7 nitrogen and oxygen atoms in total. The van der Waals surface area contributed by atoms with E-state index in [1.54, 1.807) is 13.8 Å². The lowest BCUT2D eigenvalue weighted by Crippen LogP contribution is -2.52. The highest BCUT2D eigenvalue weighted by atomic mass is 32.2. The molecule has 0 aromatic rings. The normalized spacial score (nSPS) is 26.3. The van der Waals surface area contributed by atoms with Gasteiger partial charge in [-0.2, -0.15) is 0 Å². The van der Waals surface area contributed by atoms with Gasteiger partial charge in [-0.15, -0.1) is 0 Å². The van der Waals surface area contributed by atoms with Crippen LogP contribution in [-0.4, -0.2) is 43.9 Å². The molecule has 0 amide bonds. The second-order valence-electron chi connectivity index (χ2n) is 5.51. The SMILES string of the molecule is CCOC(=O)CCS(=O)(=O)NC1CCCCC1(C)C(=O)O. The van der Waals surface area contributed by atoms with Crippen molar-refractivity contribution in [2.75, 3.05) is 12.4 Å². The molecule has 0 saturated heterocycles. The number of carboxylic acid groups (broad SMARTS) is 1. The number of nitrogens with one attached hydrogen (secondary N) is 1. The van der Waals surface area contributed by atoms with Crippen LogP contribution in [0.2, 0.25) is 0 Å². The predicted octanol–water partition coefficient (Wildman–Crippen LogP) is 0.892. The molecule has 2 unspecified atom stereocenters. The van der Waals surface area contributed by atoms with Gasteiger partial charge in [-0.05, 0) is 26.7 Å². The number of carbonyl (C=O) groups excluding carboxylic acids is 1. The van der Waals surface area contributed by atoms with Crippen molar-refractivity contribution in [3.63, 3.8) is 0 Å². The highest BCUT2D eigenvalue weighted by Crippen LogP contribution is 2.36. The lowest BCUT2D eigenvalue weighted by Gasteiger charge is -2.38. The fraction of sp³-hybridized carbons (Fsp3) is 0.846. The number of hydrogen-bond acceptors (Lipinski definition) is 5. The van der Waals surface area contributed by atoms with Gasteiger partial charge in [-0.1, -0.05) is 12.8 Å². The van der Waals surface area contributed by atoms with Crippen LogP contribution in [-0.2, 0) is 24.3 Å². The van der Waals surface area contributed by atoms with Gasteiger partial charge in [0.1, 0.15) is 0 Å². The minimum Gasteiger partial charge on any atom is -0.481 e. The van der Waals surface area contributed by atoms with E-state index in [0.29, 0.717) is 12.8 Å². The van der Waals surface area contributed by atoms with E-state index >= 15 is 0 Å². The zero-order chi connectivity index (χ0) is 16.1. The highest BCUT2D eigenvalue weighted by molar-refractivity contribution is 7.89. The monoisotopic (exact) mass is 321 g/mol. The number of carbonyl (C=O) groups is 2. The topological polar surface area (TPSA) is 110 Å². The van der Waals surface area contributed by atoms with Crippen LogP contribution >= 0.6 is 0 Å². The van der Waals surface area contributed by atoms with E-state index < -0.39 is 39.2 Å². The van der Waals surface area contributed by atoms with Gasteiger partial charge >= 0.3 is 11.9 Å². The van der Waals surface area contributed by atoms with Crippen molar-refractivity contribution in [2.45, 2.75) is 52.0 Å². The second-order valence-corrected chi connectivity index (χ2v) is 7.39. The molecule has 2 atom stereocenters. The Bertz CT molecular complexity index is 489. The zero-order valence-electron chi connectivity index (χ0n) is 12.4. The van der Waals surface area contributed by atoms with E-state index in [1.807, 2.05) is 0 Å². The van der Waals surface area contributed by atoms with E-state index in [4.69, 9.17) is 0 Å². The summed E-state index contributed by atoms with van der Waals surface area (Å²) in [6.45, 7) is 3.41. The highest BCUT2D eigenvalue weighted by Gasteiger charge is 2.44. The summed E-state index contributed by atoms with van der Waals surface area (Å²) >= 11 is 0. The van der Waals surface area contributed by atoms with Crippen molar-refractivity contribution in [3.05, 3.63) is 0 Å². The maximum Gasteiger partial charge on any atom is 0.310 e. The summed E-state index contributed by atoms with van der Waals surface area (Å²) in [6.07, 6.45) is 2.24. The minimum atomic E-state index is -3.71. The molecule has 1 saturated carbocycles. The van der Waals surface area contributed by atoms with Gasteiger partial charge in [-0.25, -0.2) is 13.1 Å². The van der Waals surface area contributed by atoms with Crippen molar-refractivity contribution >= 4 is 22.0 Å². The van der Waals surface area contributed by atoms with Crippen LogP contribution in [0.4, 0.5) is 0 Å². The van der Waals surface area contributed by atoms with Crippen LogP contribution in [0.3, 0.4) is 0 Å². The zero-order valence-corrected chi connectivity index (χ0v) is 13.2. The van der Waals surface area contributed by atoms with Crippen LogP contribution in [0.5, 0.6) is 0 Å². The van der Waals surface area contributed by atoms with E-state index in [9.17, 15) is 23.1 Å². The largest absolute Gasteiger partial charge is 0.481 e. The molecule has 21 heavy (non-hydrogen) atoms. The lowest BCUT2D eigenvalue weighted by atomic mass is 9.72. The van der Waals surface area contributed by atoms with Crippen molar-refractivity contribution in [1.29, 1.82) is 0 Å². The molecule has 0 heterocycles. The molecular weight excluding hydrogens is 298 g/mol. The van der Waals surface area contributed by atoms with Crippen LogP contribution < -0.4 is 4.72 Å². The standard InChI is InChI=1S/C13H23NO6S/c1-3-20-11(15)7-9-21(18,19)14-10-6-4-5-8-13(10,2)12(16)17/h10,14H,3-9H2,1-2H3,(H,16,17). The third kappa shape index (κ3) is 4.96. The van der Waals surface area contributed by atoms with E-state index in [2.05, 4.69) is 9.46 Å². The molecule has 2 N–H and O–H groups in total. The quantitative estimate of drug-likeness (QED) is 0.674.